The number of aliphatic hydroxyl groups excluding tert-OH is 1. The van der Waals surface area contributed by atoms with Gasteiger partial charge in [-0.3, -0.25) is 0 Å². The second-order valence-corrected chi connectivity index (χ2v) is 14.3. The van der Waals surface area contributed by atoms with Gasteiger partial charge in [-0.25, -0.2) is 9.67 Å². The maximum absolute atomic E-state index is 9.97. The predicted octanol–water partition coefficient (Wildman–Crippen LogP) is 5.45. The smallest absolute Gasteiger partial charge is 0.250 e. The Morgan fingerprint density at radius 1 is 1.23 bits per heavy atom. The van der Waals surface area contributed by atoms with Gasteiger partial charge < -0.3 is 14.3 Å². The van der Waals surface area contributed by atoms with E-state index >= 15 is 0 Å². The summed E-state index contributed by atoms with van der Waals surface area (Å²) in [5.74, 6) is 0.858. The van der Waals surface area contributed by atoms with E-state index in [9.17, 15) is 5.11 Å². The molecule has 1 aliphatic heterocycles. The van der Waals surface area contributed by atoms with E-state index in [4.69, 9.17) is 14.3 Å². The Kier molecular flexibility index (Phi) is 5.24. The van der Waals surface area contributed by atoms with Crippen molar-refractivity contribution in [3.63, 3.8) is 0 Å². The van der Waals surface area contributed by atoms with Crippen LogP contribution in [0, 0.1) is 0 Å². The van der Waals surface area contributed by atoms with Crippen molar-refractivity contribution in [3.8, 4) is 17.1 Å². The van der Waals surface area contributed by atoms with Crippen LogP contribution in [0.2, 0.25) is 18.1 Å². The number of nitrogens with zero attached hydrogens (tertiary/aromatic N) is 3. The van der Waals surface area contributed by atoms with Crippen LogP contribution in [-0.2, 0) is 4.74 Å². The molecule has 7 heteroatoms. The van der Waals surface area contributed by atoms with Crippen molar-refractivity contribution in [1.29, 1.82) is 0 Å². The molecule has 2 aromatic heterocycles. The van der Waals surface area contributed by atoms with E-state index in [-0.39, 0.29) is 11.3 Å². The topological polar surface area (TPSA) is 69.4 Å². The van der Waals surface area contributed by atoms with Crippen LogP contribution in [-0.4, -0.2) is 34.8 Å². The summed E-state index contributed by atoms with van der Waals surface area (Å²) < 4.78 is 14.2. The number of pyridine rings is 1. The number of hydrogen-bond acceptors (Lipinski definition) is 5. The second kappa shape index (κ2) is 7.48. The van der Waals surface area contributed by atoms with Crippen molar-refractivity contribution in [1.82, 2.24) is 14.8 Å². The van der Waals surface area contributed by atoms with Gasteiger partial charge in [-0.15, -0.1) is 0 Å². The van der Waals surface area contributed by atoms with Crippen LogP contribution in [0.3, 0.4) is 0 Å². The van der Waals surface area contributed by atoms with Crippen LogP contribution in [0.15, 0.2) is 36.4 Å². The quantitative estimate of drug-likeness (QED) is 0.550. The molecular weight excluding hydrogens is 394 g/mol. The zero-order valence-corrected chi connectivity index (χ0v) is 19.6. The van der Waals surface area contributed by atoms with Crippen molar-refractivity contribution >= 4 is 19.2 Å². The van der Waals surface area contributed by atoms with Crippen molar-refractivity contribution in [3.05, 3.63) is 42.1 Å². The van der Waals surface area contributed by atoms with Crippen molar-refractivity contribution in [2.24, 2.45) is 0 Å². The first-order valence-corrected chi connectivity index (χ1v) is 13.5. The second-order valence-electron chi connectivity index (χ2n) is 9.57. The third-order valence-electron chi connectivity index (χ3n) is 6.25. The summed E-state index contributed by atoms with van der Waals surface area (Å²) in [6.45, 7) is 13.7. The third kappa shape index (κ3) is 3.77. The number of hydrogen-bond donors (Lipinski definition) is 1. The minimum atomic E-state index is -1.96. The van der Waals surface area contributed by atoms with Gasteiger partial charge in [0.1, 0.15) is 11.4 Å². The van der Waals surface area contributed by atoms with E-state index in [0.717, 1.165) is 41.1 Å². The van der Waals surface area contributed by atoms with E-state index in [1.165, 1.54) is 0 Å². The van der Waals surface area contributed by atoms with Gasteiger partial charge in [0, 0.05) is 11.8 Å². The molecule has 160 valence electrons. The van der Waals surface area contributed by atoms with Gasteiger partial charge in [0.15, 0.2) is 6.23 Å². The molecule has 1 N–H and O–H groups in total. The lowest BCUT2D eigenvalue weighted by Crippen LogP contribution is -2.43. The fraction of sp³-hybridized carbons (Fsp3) is 0.478. The summed E-state index contributed by atoms with van der Waals surface area (Å²) in [6.07, 6.45) is 0.263. The van der Waals surface area contributed by atoms with Gasteiger partial charge >= 0.3 is 0 Å². The summed E-state index contributed by atoms with van der Waals surface area (Å²) in [6, 6.07) is 11.8. The number of rotatable bonds is 5. The number of aromatic nitrogens is 3. The molecular formula is C23H31N3O3Si. The Labute approximate surface area is 179 Å². The molecule has 6 nitrogen and oxygen atoms in total. The Morgan fingerprint density at radius 3 is 2.57 bits per heavy atom. The van der Waals surface area contributed by atoms with Gasteiger partial charge in [0.25, 0.3) is 0 Å². The first-order chi connectivity index (χ1) is 14.1. The molecule has 3 heterocycles. The third-order valence-corrected chi connectivity index (χ3v) is 10.6. The minimum Gasteiger partial charge on any atom is -0.543 e. The summed E-state index contributed by atoms with van der Waals surface area (Å²) in [5.41, 5.74) is 3.15. The van der Waals surface area contributed by atoms with E-state index in [1.54, 1.807) is 6.92 Å². The number of ether oxygens (including phenoxy) is 1. The summed E-state index contributed by atoms with van der Waals surface area (Å²) >= 11 is 0. The molecule has 2 unspecified atom stereocenters. The van der Waals surface area contributed by atoms with Gasteiger partial charge in [-0.1, -0.05) is 26.8 Å². The number of benzene rings is 1. The normalized spacial score (nSPS) is 18.3. The molecule has 0 saturated carbocycles. The molecule has 1 aliphatic rings. The maximum atomic E-state index is 9.97. The Balaban J connectivity index is 1.83. The highest BCUT2D eigenvalue weighted by molar-refractivity contribution is 6.74. The standard InChI is InChI=1S/C23H31N3O3Si/c1-15(27)18-8-7-9-19(24-18)22-17-14-16(29-30(5,6)23(2,3)4)10-11-20(17)26(25-22)21-12-13-28-21/h7-11,14-15,21,27H,12-13H2,1-6H3. The van der Waals surface area contributed by atoms with Gasteiger partial charge in [0.2, 0.25) is 8.32 Å². The van der Waals surface area contributed by atoms with Crippen molar-refractivity contribution < 1.29 is 14.3 Å². The first-order valence-electron chi connectivity index (χ1n) is 10.5. The molecule has 0 aliphatic carbocycles. The Bertz CT molecular complexity index is 1070. The number of aliphatic hydroxyl groups is 1. The molecule has 3 aromatic rings. The highest BCUT2D eigenvalue weighted by atomic mass is 28.4. The highest BCUT2D eigenvalue weighted by Gasteiger charge is 2.39. The van der Waals surface area contributed by atoms with Crippen LogP contribution in [0.4, 0.5) is 0 Å². The summed E-state index contributed by atoms with van der Waals surface area (Å²) in [4.78, 5) is 4.65. The molecule has 30 heavy (non-hydrogen) atoms. The van der Waals surface area contributed by atoms with Gasteiger partial charge in [0.05, 0.1) is 29.6 Å². The summed E-state index contributed by atoms with van der Waals surface area (Å²) in [5, 5.41) is 15.9. The fourth-order valence-electron chi connectivity index (χ4n) is 3.27. The highest BCUT2D eigenvalue weighted by Crippen LogP contribution is 2.39. The summed E-state index contributed by atoms with van der Waals surface area (Å²) in [7, 11) is -1.96. The van der Waals surface area contributed by atoms with Crippen molar-refractivity contribution in [2.75, 3.05) is 6.61 Å². The molecule has 0 amide bonds. The molecule has 2 atom stereocenters. The van der Waals surface area contributed by atoms with Gasteiger partial charge in [-0.2, -0.15) is 5.10 Å². The van der Waals surface area contributed by atoms with E-state index in [2.05, 4.69) is 51.0 Å². The van der Waals surface area contributed by atoms with Crippen LogP contribution >= 0.6 is 0 Å². The number of fused-ring (bicyclic) bond motifs is 1. The molecule has 1 saturated heterocycles. The monoisotopic (exact) mass is 425 g/mol. The lowest BCUT2D eigenvalue weighted by molar-refractivity contribution is -0.104. The zero-order valence-electron chi connectivity index (χ0n) is 18.6. The molecule has 1 aromatic carbocycles. The Morgan fingerprint density at radius 2 is 1.97 bits per heavy atom. The molecule has 1 fully saturated rings. The molecule has 4 rings (SSSR count). The van der Waals surface area contributed by atoms with Crippen LogP contribution in [0.5, 0.6) is 5.75 Å². The van der Waals surface area contributed by atoms with E-state index < -0.39 is 14.4 Å². The molecule has 0 bridgehead atoms. The zero-order chi connectivity index (χ0) is 21.7. The average molecular weight is 426 g/mol. The molecule has 0 radical (unpaired) electrons. The average Bonchev–Trinajstić information content (AvgIpc) is 2.97. The first kappa shape index (κ1) is 21.0. The maximum Gasteiger partial charge on any atom is 0.250 e. The fourth-order valence-corrected chi connectivity index (χ4v) is 4.29. The lowest BCUT2D eigenvalue weighted by atomic mass is 10.1. The van der Waals surface area contributed by atoms with E-state index in [0.29, 0.717) is 5.69 Å². The largest absolute Gasteiger partial charge is 0.543 e. The SMILES string of the molecule is CC(O)c1cccc(-c2nn(C3CCO3)c3ccc(O[Si](C)(C)C(C)(C)C)cc23)n1. The van der Waals surface area contributed by atoms with Crippen LogP contribution in [0.1, 0.15) is 52.1 Å². The minimum absolute atomic E-state index is 0.0478. The lowest BCUT2D eigenvalue weighted by Gasteiger charge is -2.36. The predicted molar refractivity (Wildman–Crippen MR) is 121 cm³/mol. The van der Waals surface area contributed by atoms with Gasteiger partial charge in [-0.05, 0) is 55.4 Å². The Hall–Kier alpha value is -2.22. The molecule has 0 spiro atoms. The van der Waals surface area contributed by atoms with E-state index in [1.807, 2.05) is 28.9 Å². The van der Waals surface area contributed by atoms with Crippen molar-refractivity contribution in [2.45, 2.75) is 64.6 Å². The van der Waals surface area contributed by atoms with Crippen LogP contribution < -0.4 is 4.43 Å². The van der Waals surface area contributed by atoms with Crippen LogP contribution in [0.25, 0.3) is 22.3 Å².